The van der Waals surface area contributed by atoms with E-state index in [9.17, 15) is 9.59 Å². The highest BCUT2D eigenvalue weighted by atomic mass is 35.5. The number of fused-ring (bicyclic) bond motifs is 2. The Labute approximate surface area is 213 Å². The van der Waals surface area contributed by atoms with Crippen molar-refractivity contribution in [1.82, 2.24) is 4.57 Å². The minimum Gasteiger partial charge on any atom is -0.497 e. The molecule has 0 atom stereocenters. The second kappa shape index (κ2) is 8.67. The number of hydrogen-bond donors (Lipinski definition) is 0. The van der Waals surface area contributed by atoms with Crippen LogP contribution >= 0.6 is 11.6 Å². The van der Waals surface area contributed by atoms with Gasteiger partial charge in [0.25, 0.3) is 0 Å². The third kappa shape index (κ3) is 3.38. The molecule has 0 radical (unpaired) electrons. The van der Waals surface area contributed by atoms with Gasteiger partial charge in [-0.25, -0.2) is 0 Å². The Bertz CT molecular complexity index is 1630. The minimum absolute atomic E-state index is 0.165. The molecule has 6 rings (SSSR count). The van der Waals surface area contributed by atoms with Gasteiger partial charge in [0.15, 0.2) is 11.6 Å². The highest BCUT2D eigenvalue weighted by Gasteiger charge is 2.39. The summed E-state index contributed by atoms with van der Waals surface area (Å²) in [5.74, 6) is 0.376. The molecular weight excluding hydrogens is 470 g/mol. The first kappa shape index (κ1) is 22.1. The van der Waals surface area contributed by atoms with Gasteiger partial charge in [-0.1, -0.05) is 78.3 Å². The van der Waals surface area contributed by atoms with Gasteiger partial charge in [-0.15, -0.1) is 0 Å². The minimum atomic E-state index is -0.172. The van der Waals surface area contributed by atoms with Crippen LogP contribution < -0.4 is 4.74 Å². The van der Waals surface area contributed by atoms with E-state index in [1.807, 2.05) is 71.3 Å². The first-order chi connectivity index (χ1) is 17.6. The van der Waals surface area contributed by atoms with Crippen LogP contribution in [0.2, 0.25) is 5.02 Å². The summed E-state index contributed by atoms with van der Waals surface area (Å²) in [6.07, 6.45) is 0. The molecule has 0 saturated carbocycles. The molecule has 36 heavy (non-hydrogen) atoms. The van der Waals surface area contributed by atoms with Gasteiger partial charge in [0, 0.05) is 21.8 Å². The number of nitrogens with zero attached hydrogens (tertiary/aromatic N) is 1. The molecule has 0 bridgehead atoms. The number of methoxy groups -OCH3 is 1. The molecular formula is C31H20ClNO3. The van der Waals surface area contributed by atoms with Crippen LogP contribution in [-0.2, 0) is 0 Å². The standard InChI is InChI=1S/C31H20ClNO3/c1-36-23-17-15-22(16-18-23)33-28(19-7-3-2-4-8-19)26-27(29(33)20-11-13-21(32)14-12-20)31(35)25-10-6-5-9-24(25)30(26)34/h2-18H,1H3. The molecule has 4 aromatic carbocycles. The number of hydrogen-bond acceptors (Lipinski definition) is 3. The predicted molar refractivity (Wildman–Crippen MR) is 142 cm³/mol. The van der Waals surface area contributed by atoms with Gasteiger partial charge in [0.1, 0.15) is 5.75 Å². The second-order valence-electron chi connectivity index (χ2n) is 8.56. The van der Waals surface area contributed by atoms with E-state index in [0.717, 1.165) is 16.8 Å². The zero-order chi connectivity index (χ0) is 24.8. The van der Waals surface area contributed by atoms with Crippen molar-refractivity contribution in [2.75, 3.05) is 7.11 Å². The van der Waals surface area contributed by atoms with Crippen molar-refractivity contribution in [3.63, 3.8) is 0 Å². The number of benzene rings is 4. The number of ketones is 2. The van der Waals surface area contributed by atoms with E-state index in [4.69, 9.17) is 16.3 Å². The number of ether oxygens (including phenoxy) is 1. The fraction of sp³-hybridized carbons (Fsp3) is 0.0323. The van der Waals surface area contributed by atoms with Gasteiger partial charge in [0.2, 0.25) is 0 Å². The Balaban J connectivity index is 1.78. The molecule has 0 N–H and O–H groups in total. The van der Waals surface area contributed by atoms with Gasteiger partial charge >= 0.3 is 0 Å². The quantitative estimate of drug-likeness (QED) is 0.262. The maximum Gasteiger partial charge on any atom is 0.196 e. The Morgan fingerprint density at radius 2 is 1.11 bits per heavy atom. The van der Waals surface area contributed by atoms with Crippen molar-refractivity contribution in [2.45, 2.75) is 0 Å². The average Bonchev–Trinajstić information content (AvgIpc) is 3.29. The first-order valence-corrected chi connectivity index (χ1v) is 11.9. The smallest absolute Gasteiger partial charge is 0.196 e. The summed E-state index contributed by atoms with van der Waals surface area (Å²) in [7, 11) is 1.62. The van der Waals surface area contributed by atoms with Crippen molar-refractivity contribution in [3.05, 3.63) is 130 Å². The van der Waals surface area contributed by atoms with Crippen LogP contribution in [0.4, 0.5) is 0 Å². The van der Waals surface area contributed by atoms with Crippen LogP contribution in [-0.4, -0.2) is 23.2 Å². The van der Waals surface area contributed by atoms with E-state index in [1.54, 1.807) is 43.5 Å². The highest BCUT2D eigenvalue weighted by molar-refractivity contribution is 6.33. The highest BCUT2D eigenvalue weighted by Crippen LogP contribution is 2.44. The lowest BCUT2D eigenvalue weighted by atomic mass is 9.83. The lowest BCUT2D eigenvalue weighted by molar-refractivity contribution is 0.0981. The SMILES string of the molecule is COc1ccc(-n2c(-c3ccccc3)c3c(c2-c2ccc(Cl)cc2)C(=O)c2ccccc2C3=O)cc1. The lowest BCUT2D eigenvalue weighted by Crippen LogP contribution is -2.20. The van der Waals surface area contributed by atoms with E-state index >= 15 is 0 Å². The van der Waals surface area contributed by atoms with Crippen molar-refractivity contribution >= 4 is 23.2 Å². The van der Waals surface area contributed by atoms with Gasteiger partial charge in [-0.2, -0.15) is 0 Å². The summed E-state index contributed by atoms with van der Waals surface area (Å²) in [4.78, 5) is 28.1. The molecule has 0 aliphatic heterocycles. The molecule has 1 heterocycles. The monoisotopic (exact) mass is 489 g/mol. The van der Waals surface area contributed by atoms with E-state index in [-0.39, 0.29) is 11.6 Å². The predicted octanol–water partition coefficient (Wildman–Crippen LogP) is 7.25. The number of aromatic nitrogens is 1. The summed E-state index contributed by atoms with van der Waals surface area (Å²) in [5.41, 5.74) is 5.39. The van der Waals surface area contributed by atoms with Gasteiger partial charge < -0.3 is 9.30 Å². The number of carbonyl (C=O) groups is 2. The third-order valence-electron chi connectivity index (χ3n) is 6.54. The Kier molecular flexibility index (Phi) is 5.32. The maximum absolute atomic E-state index is 14.0. The Hall–Kier alpha value is -4.41. The average molecular weight is 490 g/mol. The van der Waals surface area contributed by atoms with Crippen molar-refractivity contribution < 1.29 is 14.3 Å². The van der Waals surface area contributed by atoms with Gasteiger partial charge in [0.05, 0.1) is 29.6 Å². The zero-order valence-electron chi connectivity index (χ0n) is 19.4. The van der Waals surface area contributed by atoms with E-state index < -0.39 is 0 Å². The topological polar surface area (TPSA) is 48.3 Å². The molecule has 0 unspecified atom stereocenters. The molecule has 1 aromatic heterocycles. The molecule has 5 aromatic rings. The third-order valence-corrected chi connectivity index (χ3v) is 6.79. The number of halogens is 1. The van der Waals surface area contributed by atoms with Crippen LogP contribution in [0.25, 0.3) is 28.2 Å². The largest absolute Gasteiger partial charge is 0.497 e. The fourth-order valence-corrected chi connectivity index (χ4v) is 5.03. The summed E-state index contributed by atoms with van der Waals surface area (Å²) < 4.78 is 7.38. The first-order valence-electron chi connectivity index (χ1n) is 11.5. The molecule has 0 spiro atoms. The van der Waals surface area contributed by atoms with Crippen LogP contribution in [0.3, 0.4) is 0 Å². The fourth-order valence-electron chi connectivity index (χ4n) is 4.90. The molecule has 0 fully saturated rings. The molecule has 5 heteroatoms. The molecule has 4 nitrogen and oxygen atoms in total. The number of carbonyl (C=O) groups excluding carboxylic acids is 2. The molecule has 1 aliphatic carbocycles. The summed E-state index contributed by atoms with van der Waals surface area (Å²) >= 11 is 6.21. The van der Waals surface area contributed by atoms with Crippen molar-refractivity contribution in [2.24, 2.45) is 0 Å². The lowest BCUT2D eigenvalue weighted by Gasteiger charge is -2.16. The van der Waals surface area contributed by atoms with Crippen molar-refractivity contribution in [3.8, 4) is 34.0 Å². The molecule has 174 valence electrons. The van der Waals surface area contributed by atoms with E-state index in [0.29, 0.717) is 44.4 Å². The summed E-state index contributed by atoms with van der Waals surface area (Å²) in [6, 6.07) is 31.7. The molecule has 1 aliphatic rings. The Morgan fingerprint density at radius 3 is 1.64 bits per heavy atom. The molecule has 0 amide bonds. The van der Waals surface area contributed by atoms with Gasteiger partial charge in [-0.3, -0.25) is 9.59 Å². The van der Waals surface area contributed by atoms with Crippen LogP contribution in [0, 0.1) is 0 Å². The maximum atomic E-state index is 14.0. The van der Waals surface area contributed by atoms with Crippen LogP contribution in [0.1, 0.15) is 31.8 Å². The summed E-state index contributed by atoms with van der Waals surface area (Å²) in [6.45, 7) is 0. The summed E-state index contributed by atoms with van der Waals surface area (Å²) in [5, 5.41) is 0.589. The zero-order valence-corrected chi connectivity index (χ0v) is 20.1. The van der Waals surface area contributed by atoms with E-state index in [1.165, 1.54) is 0 Å². The number of rotatable bonds is 4. The normalized spacial score (nSPS) is 12.3. The Morgan fingerprint density at radius 1 is 0.611 bits per heavy atom. The molecule has 0 saturated heterocycles. The van der Waals surface area contributed by atoms with E-state index in [2.05, 4.69) is 0 Å². The van der Waals surface area contributed by atoms with Crippen molar-refractivity contribution in [1.29, 1.82) is 0 Å². The van der Waals surface area contributed by atoms with Crippen LogP contribution in [0.5, 0.6) is 5.75 Å². The van der Waals surface area contributed by atoms with Crippen LogP contribution in [0.15, 0.2) is 103 Å². The van der Waals surface area contributed by atoms with Gasteiger partial charge in [-0.05, 0) is 47.5 Å². The second-order valence-corrected chi connectivity index (χ2v) is 8.99.